The summed E-state index contributed by atoms with van der Waals surface area (Å²) < 4.78 is 11.0. The van der Waals surface area contributed by atoms with Gasteiger partial charge in [0, 0.05) is 23.7 Å². The van der Waals surface area contributed by atoms with Crippen molar-refractivity contribution in [3.8, 4) is 0 Å². The van der Waals surface area contributed by atoms with Gasteiger partial charge in [-0.05, 0) is 24.9 Å². The summed E-state index contributed by atoms with van der Waals surface area (Å²) in [7, 11) is 0. The third-order valence-electron chi connectivity index (χ3n) is 2.88. The van der Waals surface area contributed by atoms with E-state index in [4.69, 9.17) is 15.0 Å². The third-order valence-corrected chi connectivity index (χ3v) is 2.88. The lowest BCUT2D eigenvalue weighted by molar-refractivity contribution is -0.140. The van der Waals surface area contributed by atoms with Crippen molar-refractivity contribution in [3.05, 3.63) is 45.8 Å². The predicted octanol–water partition coefficient (Wildman–Crippen LogP) is 2.46. The van der Waals surface area contributed by atoms with Crippen LogP contribution in [0.5, 0.6) is 0 Å². The molecule has 2 N–H and O–H groups in total. The van der Waals surface area contributed by atoms with Crippen LogP contribution in [-0.2, 0) is 9.47 Å². The summed E-state index contributed by atoms with van der Waals surface area (Å²) in [6, 6.07) is 6.92. The summed E-state index contributed by atoms with van der Waals surface area (Å²) in [5, 5.41) is 22.9. The molecule has 2 unspecified atom stereocenters. The van der Waals surface area contributed by atoms with Gasteiger partial charge in [-0.2, -0.15) is 0 Å². The van der Waals surface area contributed by atoms with Gasteiger partial charge < -0.3 is 19.7 Å². The summed E-state index contributed by atoms with van der Waals surface area (Å²) in [6.45, 7) is 4.65. The Labute approximate surface area is 123 Å². The highest BCUT2D eigenvalue weighted by atomic mass is 16.7. The monoisotopic (exact) mass is 295 g/mol. The minimum absolute atomic E-state index is 0.181. The van der Waals surface area contributed by atoms with Gasteiger partial charge in [0.1, 0.15) is 6.10 Å². The van der Waals surface area contributed by atoms with Crippen LogP contribution in [0.1, 0.15) is 37.4 Å². The molecule has 0 aromatic heterocycles. The van der Waals surface area contributed by atoms with Crippen molar-refractivity contribution in [1.82, 2.24) is 0 Å². The van der Waals surface area contributed by atoms with Gasteiger partial charge in [0.2, 0.25) is 0 Å². The summed E-state index contributed by atoms with van der Waals surface area (Å²) in [5.74, 6) is 0. The van der Waals surface area contributed by atoms with Crippen molar-refractivity contribution in [3.63, 3.8) is 0 Å². The molecule has 7 heteroatoms. The molecular weight excluding hydrogens is 274 g/mol. The summed E-state index contributed by atoms with van der Waals surface area (Å²) in [5.41, 5.74) is 9.57. The summed E-state index contributed by atoms with van der Waals surface area (Å²) in [4.78, 5) is 2.55. The largest absolute Gasteiger partial charge is 0.390 e. The first kappa shape index (κ1) is 17.4. The van der Waals surface area contributed by atoms with E-state index in [2.05, 4.69) is 10.0 Å². The van der Waals surface area contributed by atoms with Gasteiger partial charge in [0.05, 0.1) is 12.6 Å². The van der Waals surface area contributed by atoms with Gasteiger partial charge in [-0.3, -0.25) is 0 Å². The van der Waals surface area contributed by atoms with Crippen molar-refractivity contribution in [2.24, 2.45) is 5.11 Å². The SMILES string of the molecule is CCOC(OCC)c1ccc(C(O)C(O)CN=[N+]=[N-])cc1. The molecule has 0 heterocycles. The van der Waals surface area contributed by atoms with Crippen molar-refractivity contribution in [1.29, 1.82) is 0 Å². The maximum absolute atomic E-state index is 9.96. The molecule has 0 aliphatic carbocycles. The first-order valence-corrected chi connectivity index (χ1v) is 6.84. The van der Waals surface area contributed by atoms with Gasteiger partial charge in [0.25, 0.3) is 0 Å². The molecule has 1 rings (SSSR count). The van der Waals surface area contributed by atoms with Gasteiger partial charge in [0.15, 0.2) is 6.29 Å². The van der Waals surface area contributed by atoms with E-state index in [1.165, 1.54) is 0 Å². The Morgan fingerprint density at radius 2 is 1.62 bits per heavy atom. The number of aliphatic hydroxyl groups excluding tert-OH is 2. The fourth-order valence-electron chi connectivity index (χ4n) is 1.84. The lowest BCUT2D eigenvalue weighted by atomic mass is 10.0. The van der Waals surface area contributed by atoms with Crippen molar-refractivity contribution in [2.45, 2.75) is 32.3 Å². The molecule has 0 aliphatic heterocycles. The molecule has 0 amide bonds. The van der Waals surface area contributed by atoms with Crippen LogP contribution >= 0.6 is 0 Å². The van der Waals surface area contributed by atoms with Crippen molar-refractivity contribution in [2.75, 3.05) is 19.8 Å². The Hall–Kier alpha value is -1.63. The van der Waals surface area contributed by atoms with Crippen LogP contribution in [0.4, 0.5) is 0 Å². The molecule has 0 fully saturated rings. The molecule has 0 aliphatic rings. The maximum Gasteiger partial charge on any atom is 0.183 e. The fourth-order valence-corrected chi connectivity index (χ4v) is 1.84. The molecule has 1 aromatic carbocycles. The molecule has 0 bridgehead atoms. The normalized spacial score (nSPS) is 13.8. The van der Waals surface area contributed by atoms with Crippen LogP contribution in [0.25, 0.3) is 10.4 Å². The third kappa shape index (κ3) is 5.34. The first-order chi connectivity index (χ1) is 10.1. The molecular formula is C14H21N3O4. The Morgan fingerprint density at radius 3 is 2.10 bits per heavy atom. The van der Waals surface area contributed by atoms with Crippen molar-refractivity contribution >= 4 is 0 Å². The minimum Gasteiger partial charge on any atom is -0.390 e. The molecule has 0 spiro atoms. The quantitative estimate of drug-likeness (QED) is 0.316. The molecule has 0 saturated heterocycles. The number of aliphatic hydroxyl groups is 2. The van der Waals surface area contributed by atoms with E-state index in [0.717, 1.165) is 5.56 Å². The average Bonchev–Trinajstić information content (AvgIpc) is 2.52. The molecule has 0 saturated carbocycles. The highest BCUT2D eigenvalue weighted by Gasteiger charge is 2.18. The standard InChI is InChI=1S/C14H21N3O4/c1-3-20-14(21-4-2)11-7-5-10(6-8-11)13(19)12(18)9-16-17-15/h5-8,12-14,18-19H,3-4,9H2,1-2H3. The van der Waals surface area contributed by atoms with Crippen molar-refractivity contribution < 1.29 is 19.7 Å². The zero-order valence-corrected chi connectivity index (χ0v) is 12.2. The Morgan fingerprint density at radius 1 is 1.10 bits per heavy atom. The number of hydrogen-bond donors (Lipinski definition) is 2. The first-order valence-electron chi connectivity index (χ1n) is 6.84. The number of ether oxygens (including phenoxy) is 2. The van der Waals surface area contributed by atoms with E-state index in [9.17, 15) is 10.2 Å². The Balaban J connectivity index is 2.77. The summed E-state index contributed by atoms with van der Waals surface area (Å²) in [6.07, 6.45) is -2.69. The number of hydrogen-bond acceptors (Lipinski definition) is 5. The zero-order chi connectivity index (χ0) is 15.7. The number of azide groups is 1. The Kier molecular flexibility index (Phi) is 7.74. The van der Waals surface area contributed by atoms with Crippen LogP contribution in [-0.4, -0.2) is 36.1 Å². The second-order valence-electron chi connectivity index (χ2n) is 4.33. The van der Waals surface area contributed by atoms with Crippen LogP contribution in [0.2, 0.25) is 0 Å². The van der Waals surface area contributed by atoms with E-state index in [1.54, 1.807) is 24.3 Å². The second kappa shape index (κ2) is 9.33. The van der Waals surface area contributed by atoms with Crippen LogP contribution in [0, 0.1) is 0 Å². The fraction of sp³-hybridized carbons (Fsp3) is 0.571. The molecule has 0 radical (unpaired) electrons. The highest BCUT2D eigenvalue weighted by molar-refractivity contribution is 5.25. The Bertz CT molecular complexity index is 454. The second-order valence-corrected chi connectivity index (χ2v) is 4.33. The highest BCUT2D eigenvalue weighted by Crippen LogP contribution is 2.23. The average molecular weight is 295 g/mol. The topological polar surface area (TPSA) is 108 Å². The van der Waals surface area contributed by atoms with E-state index in [-0.39, 0.29) is 6.54 Å². The van der Waals surface area contributed by atoms with E-state index < -0.39 is 18.5 Å². The number of benzene rings is 1. The number of nitrogens with zero attached hydrogens (tertiary/aromatic N) is 3. The zero-order valence-electron chi connectivity index (χ0n) is 12.2. The van der Waals surface area contributed by atoms with Crippen LogP contribution < -0.4 is 0 Å². The van der Waals surface area contributed by atoms with Crippen LogP contribution in [0.3, 0.4) is 0 Å². The van der Waals surface area contributed by atoms with E-state index in [0.29, 0.717) is 18.8 Å². The van der Waals surface area contributed by atoms with E-state index in [1.807, 2.05) is 13.8 Å². The lowest BCUT2D eigenvalue weighted by Crippen LogP contribution is -2.21. The van der Waals surface area contributed by atoms with Gasteiger partial charge in [-0.15, -0.1) is 0 Å². The maximum atomic E-state index is 9.96. The lowest BCUT2D eigenvalue weighted by Gasteiger charge is -2.19. The minimum atomic E-state index is -1.14. The number of rotatable bonds is 9. The molecule has 116 valence electrons. The summed E-state index contributed by atoms with van der Waals surface area (Å²) >= 11 is 0. The molecule has 1 aromatic rings. The van der Waals surface area contributed by atoms with Gasteiger partial charge in [-0.25, -0.2) is 0 Å². The molecule has 7 nitrogen and oxygen atoms in total. The van der Waals surface area contributed by atoms with Gasteiger partial charge in [-0.1, -0.05) is 29.4 Å². The van der Waals surface area contributed by atoms with E-state index >= 15 is 0 Å². The smallest absolute Gasteiger partial charge is 0.183 e. The predicted molar refractivity (Wildman–Crippen MR) is 77.4 cm³/mol. The molecule has 21 heavy (non-hydrogen) atoms. The van der Waals surface area contributed by atoms with Gasteiger partial charge >= 0.3 is 0 Å². The molecule has 2 atom stereocenters. The van der Waals surface area contributed by atoms with Crippen LogP contribution in [0.15, 0.2) is 29.4 Å².